The van der Waals surface area contributed by atoms with Crippen LogP contribution in [0.15, 0.2) is 66.7 Å². The van der Waals surface area contributed by atoms with Crippen LogP contribution in [0.4, 0.5) is 4.39 Å². The predicted molar refractivity (Wildman–Crippen MR) is 126 cm³/mol. The third kappa shape index (κ3) is 4.43. The molecule has 1 aromatic heterocycles. The average molecular weight is 442 g/mol. The summed E-state index contributed by atoms with van der Waals surface area (Å²) in [6.45, 7) is 0.722. The van der Waals surface area contributed by atoms with Crippen molar-refractivity contribution in [3.8, 4) is 11.3 Å². The van der Waals surface area contributed by atoms with Crippen molar-refractivity contribution < 1.29 is 19.0 Å². The molecule has 1 saturated heterocycles. The van der Waals surface area contributed by atoms with Gasteiger partial charge in [0.05, 0.1) is 11.1 Å². The highest BCUT2D eigenvalue weighted by atomic mass is 19.1. The zero-order chi connectivity index (χ0) is 22.8. The number of ether oxygens (including phenoxy) is 1. The minimum absolute atomic E-state index is 0.107. The summed E-state index contributed by atoms with van der Waals surface area (Å²) >= 11 is 0. The summed E-state index contributed by atoms with van der Waals surface area (Å²) in [6, 6.07) is 19.3. The van der Waals surface area contributed by atoms with Gasteiger partial charge in [0, 0.05) is 17.6 Å². The molecule has 1 aliphatic rings. The Morgan fingerprint density at radius 3 is 2.42 bits per heavy atom. The molecule has 1 aliphatic heterocycles. The molecule has 0 amide bonds. The van der Waals surface area contributed by atoms with E-state index in [1.54, 1.807) is 36.4 Å². The van der Waals surface area contributed by atoms with E-state index < -0.39 is 5.97 Å². The number of hydrogen-bond acceptors (Lipinski definition) is 3. The van der Waals surface area contributed by atoms with Gasteiger partial charge in [-0.25, -0.2) is 13.9 Å². The minimum atomic E-state index is -0.941. The molecule has 1 fully saturated rings. The Kier molecular flexibility index (Phi) is 5.75. The van der Waals surface area contributed by atoms with Crippen molar-refractivity contribution in [2.24, 2.45) is 0 Å². The van der Waals surface area contributed by atoms with E-state index in [-0.39, 0.29) is 17.6 Å². The minimum Gasteiger partial charge on any atom is -0.478 e. The van der Waals surface area contributed by atoms with E-state index in [2.05, 4.69) is 6.07 Å². The van der Waals surface area contributed by atoms with Gasteiger partial charge in [0.25, 0.3) is 0 Å². The first kappa shape index (κ1) is 21.1. The van der Waals surface area contributed by atoms with Crippen molar-refractivity contribution >= 4 is 29.0 Å². The molecule has 166 valence electrons. The fourth-order valence-electron chi connectivity index (χ4n) is 4.15. The first-order chi connectivity index (χ1) is 16.1. The zero-order valence-corrected chi connectivity index (χ0v) is 17.9. The second kappa shape index (κ2) is 9.00. The molecule has 2 heterocycles. The van der Waals surface area contributed by atoms with Crippen LogP contribution in [0.1, 0.15) is 47.0 Å². The first-order valence-electron chi connectivity index (χ1n) is 11.0. The van der Waals surface area contributed by atoms with Crippen molar-refractivity contribution in [2.75, 3.05) is 6.61 Å². The molecule has 0 radical (unpaired) electrons. The van der Waals surface area contributed by atoms with Crippen LogP contribution in [0, 0.1) is 5.82 Å². The molecule has 1 unspecified atom stereocenters. The van der Waals surface area contributed by atoms with E-state index in [0.29, 0.717) is 0 Å². The number of nitrogens with zero attached hydrogens (tertiary/aromatic N) is 2. The Bertz CT molecular complexity index is 1320. The Labute approximate surface area is 190 Å². The summed E-state index contributed by atoms with van der Waals surface area (Å²) < 4.78 is 21.5. The summed E-state index contributed by atoms with van der Waals surface area (Å²) in [4.78, 5) is 11.0. The Morgan fingerprint density at radius 2 is 1.73 bits per heavy atom. The highest BCUT2D eigenvalue weighted by Gasteiger charge is 2.21. The topological polar surface area (TPSA) is 64.3 Å². The smallest absolute Gasteiger partial charge is 0.335 e. The molecule has 3 aromatic carbocycles. The van der Waals surface area contributed by atoms with E-state index >= 15 is 0 Å². The molecule has 0 saturated carbocycles. The Hall–Kier alpha value is -3.77. The third-order valence-corrected chi connectivity index (χ3v) is 5.90. The first-order valence-corrected chi connectivity index (χ1v) is 11.0. The normalized spacial score (nSPS) is 16.5. The number of rotatable bonds is 5. The summed E-state index contributed by atoms with van der Waals surface area (Å²) in [5, 5.41) is 14.9. The number of benzene rings is 3. The van der Waals surface area contributed by atoms with Gasteiger partial charge in [0.1, 0.15) is 11.5 Å². The van der Waals surface area contributed by atoms with Crippen molar-refractivity contribution in [1.82, 2.24) is 9.78 Å². The molecule has 1 atom stereocenters. The highest BCUT2D eigenvalue weighted by molar-refractivity contribution is 5.95. The van der Waals surface area contributed by atoms with Crippen LogP contribution in [0.3, 0.4) is 0 Å². The van der Waals surface area contributed by atoms with E-state index in [0.717, 1.165) is 59.2 Å². The van der Waals surface area contributed by atoms with Gasteiger partial charge in [-0.2, -0.15) is 5.10 Å². The number of aromatic carboxylic acids is 1. The van der Waals surface area contributed by atoms with Gasteiger partial charge in [-0.15, -0.1) is 0 Å². The van der Waals surface area contributed by atoms with E-state index in [4.69, 9.17) is 14.9 Å². The third-order valence-electron chi connectivity index (χ3n) is 5.90. The van der Waals surface area contributed by atoms with E-state index in [1.807, 2.05) is 29.0 Å². The molecule has 0 spiro atoms. The van der Waals surface area contributed by atoms with Crippen LogP contribution in [-0.2, 0) is 4.74 Å². The van der Waals surface area contributed by atoms with Crippen molar-refractivity contribution in [3.63, 3.8) is 0 Å². The van der Waals surface area contributed by atoms with E-state index in [9.17, 15) is 9.18 Å². The standard InChI is InChI=1S/C27H23FN2O3/c28-22-13-11-20(12-14-22)26-23-17-19(5-4-18-6-9-21(10-7-18)27(31)32)8-15-24(23)30(29-26)25-3-1-2-16-33-25/h4-15,17,25H,1-3,16H2,(H,31,32)/b5-4+. The molecule has 4 aromatic rings. The van der Waals surface area contributed by atoms with E-state index in [1.165, 1.54) is 12.1 Å². The van der Waals surface area contributed by atoms with Gasteiger partial charge in [0.2, 0.25) is 0 Å². The monoisotopic (exact) mass is 442 g/mol. The summed E-state index contributed by atoms with van der Waals surface area (Å²) in [7, 11) is 0. The number of carboxylic acid groups (broad SMARTS) is 1. The van der Waals surface area contributed by atoms with Gasteiger partial charge in [-0.05, 0) is 78.9 Å². The second-order valence-corrected chi connectivity index (χ2v) is 8.16. The number of carboxylic acids is 1. The lowest BCUT2D eigenvalue weighted by Gasteiger charge is -2.23. The molecular weight excluding hydrogens is 419 g/mol. The van der Waals surface area contributed by atoms with Crippen LogP contribution in [0.2, 0.25) is 0 Å². The number of fused-ring (bicyclic) bond motifs is 1. The van der Waals surface area contributed by atoms with Crippen LogP contribution in [0.25, 0.3) is 34.3 Å². The maximum atomic E-state index is 13.5. The molecule has 0 bridgehead atoms. The SMILES string of the molecule is O=C(O)c1ccc(/C=C/c2ccc3c(c2)c(-c2ccc(F)cc2)nn3C2CCCCO2)cc1. The lowest BCUT2D eigenvalue weighted by molar-refractivity contribution is -0.0365. The predicted octanol–water partition coefficient (Wildman–Crippen LogP) is 6.41. The molecule has 5 rings (SSSR count). The fraction of sp³-hybridized carbons (Fsp3) is 0.185. The molecular formula is C27H23FN2O3. The second-order valence-electron chi connectivity index (χ2n) is 8.16. The summed E-state index contributed by atoms with van der Waals surface area (Å²) in [5.74, 6) is -1.22. The number of aromatic nitrogens is 2. The van der Waals surface area contributed by atoms with Crippen LogP contribution >= 0.6 is 0 Å². The van der Waals surface area contributed by atoms with Gasteiger partial charge in [-0.3, -0.25) is 0 Å². The molecule has 0 aliphatic carbocycles. The summed E-state index contributed by atoms with van der Waals surface area (Å²) in [6.07, 6.45) is 6.89. The van der Waals surface area contributed by atoms with Gasteiger partial charge < -0.3 is 9.84 Å². The van der Waals surface area contributed by atoms with Gasteiger partial charge >= 0.3 is 5.97 Å². The van der Waals surface area contributed by atoms with Crippen molar-refractivity contribution in [1.29, 1.82) is 0 Å². The highest BCUT2D eigenvalue weighted by Crippen LogP contribution is 2.33. The maximum Gasteiger partial charge on any atom is 0.335 e. The number of carbonyl (C=O) groups is 1. The molecule has 6 heteroatoms. The fourth-order valence-corrected chi connectivity index (χ4v) is 4.15. The lowest BCUT2D eigenvalue weighted by atomic mass is 10.0. The number of halogens is 1. The molecule has 33 heavy (non-hydrogen) atoms. The van der Waals surface area contributed by atoms with Crippen molar-refractivity contribution in [2.45, 2.75) is 25.5 Å². The largest absolute Gasteiger partial charge is 0.478 e. The number of hydrogen-bond donors (Lipinski definition) is 1. The van der Waals surface area contributed by atoms with Gasteiger partial charge in [0.15, 0.2) is 6.23 Å². The van der Waals surface area contributed by atoms with Gasteiger partial charge in [-0.1, -0.05) is 30.4 Å². The molecule has 1 N–H and O–H groups in total. The van der Waals surface area contributed by atoms with Crippen LogP contribution in [0.5, 0.6) is 0 Å². The van der Waals surface area contributed by atoms with Crippen LogP contribution < -0.4 is 0 Å². The Morgan fingerprint density at radius 1 is 1.00 bits per heavy atom. The molecule has 5 nitrogen and oxygen atoms in total. The summed E-state index contributed by atoms with van der Waals surface area (Å²) in [5.41, 5.74) is 4.77. The zero-order valence-electron chi connectivity index (χ0n) is 17.9. The average Bonchev–Trinajstić information content (AvgIpc) is 3.23. The van der Waals surface area contributed by atoms with Crippen LogP contribution in [-0.4, -0.2) is 27.5 Å². The maximum absolute atomic E-state index is 13.5. The quantitative estimate of drug-likeness (QED) is 0.363. The Balaban J connectivity index is 1.54. The van der Waals surface area contributed by atoms with Crippen molar-refractivity contribution in [3.05, 3.63) is 89.2 Å². The lowest BCUT2D eigenvalue weighted by Crippen LogP contribution is -2.19.